The zero-order valence-electron chi connectivity index (χ0n) is 9.08. The zero-order valence-corrected chi connectivity index (χ0v) is 12.8. The molecule has 2 aromatic carbocycles. The van der Waals surface area contributed by atoms with Gasteiger partial charge in [0.2, 0.25) is 0 Å². The molecule has 0 unspecified atom stereocenters. The number of rotatable bonds is 5. The summed E-state index contributed by atoms with van der Waals surface area (Å²) in [6.45, 7) is 0. The summed E-state index contributed by atoms with van der Waals surface area (Å²) in [5.41, 5.74) is 0. The standard InChI is InChI=1S/C14H16Se2/c1-3-7-13(8-4-1)15-11-12-16-14-9-5-2-6-10-14/h1-10,15-16H,11-12H2. The minimum absolute atomic E-state index is 0.396. The van der Waals surface area contributed by atoms with Crippen LogP contribution in [0.4, 0.5) is 0 Å². The Hall–Kier alpha value is -0.521. The molecule has 2 radical (unpaired) electrons. The normalized spacial score (nSPS) is 10.2. The van der Waals surface area contributed by atoms with Crippen molar-refractivity contribution < 1.29 is 0 Å². The van der Waals surface area contributed by atoms with E-state index in [4.69, 9.17) is 0 Å². The summed E-state index contributed by atoms with van der Waals surface area (Å²) in [7, 11) is 0. The van der Waals surface area contributed by atoms with Gasteiger partial charge in [-0.05, 0) is 0 Å². The van der Waals surface area contributed by atoms with E-state index >= 15 is 0 Å². The van der Waals surface area contributed by atoms with Crippen molar-refractivity contribution in [1.82, 2.24) is 0 Å². The first-order valence-electron chi connectivity index (χ1n) is 5.40. The van der Waals surface area contributed by atoms with Gasteiger partial charge in [0.1, 0.15) is 0 Å². The predicted octanol–water partition coefficient (Wildman–Crippen LogP) is 1.35. The Balaban J connectivity index is 1.70. The first kappa shape index (κ1) is 11.9. The molecule has 0 nitrogen and oxygen atoms in total. The molecule has 0 aliphatic rings. The maximum atomic E-state index is 2.26. The van der Waals surface area contributed by atoms with Gasteiger partial charge in [-0.25, -0.2) is 0 Å². The van der Waals surface area contributed by atoms with Crippen LogP contribution in [0.2, 0.25) is 10.6 Å². The monoisotopic (exact) mass is 344 g/mol. The van der Waals surface area contributed by atoms with E-state index in [0.717, 1.165) is 0 Å². The Morgan fingerprint density at radius 1 is 0.562 bits per heavy atom. The maximum absolute atomic E-state index is 2.26. The molecule has 16 heavy (non-hydrogen) atoms. The number of hydrogen-bond donors (Lipinski definition) is 0. The van der Waals surface area contributed by atoms with Crippen molar-refractivity contribution in [3.8, 4) is 0 Å². The molecule has 2 heteroatoms. The third kappa shape index (κ3) is 4.15. The molecule has 0 heterocycles. The molecule has 0 aliphatic heterocycles. The van der Waals surface area contributed by atoms with E-state index in [0.29, 0.717) is 29.9 Å². The molecule has 0 fully saturated rings. The summed E-state index contributed by atoms with van der Waals surface area (Å²) < 4.78 is 3.13. The topological polar surface area (TPSA) is 0 Å². The molecule has 0 aliphatic carbocycles. The third-order valence-electron chi connectivity index (χ3n) is 2.20. The first-order valence-corrected chi connectivity index (χ1v) is 9.93. The summed E-state index contributed by atoms with van der Waals surface area (Å²) in [5.74, 6) is 0. The van der Waals surface area contributed by atoms with Crippen molar-refractivity contribution >= 4 is 38.8 Å². The summed E-state index contributed by atoms with van der Waals surface area (Å²) >= 11 is 0.791. The molecular formula is C14H16Se2. The average molecular weight is 342 g/mol. The number of benzene rings is 2. The molecule has 0 bridgehead atoms. The van der Waals surface area contributed by atoms with Crippen LogP contribution in [0.25, 0.3) is 0 Å². The second kappa shape index (κ2) is 6.93. The Morgan fingerprint density at radius 2 is 0.938 bits per heavy atom. The van der Waals surface area contributed by atoms with Crippen LogP contribution in [-0.4, -0.2) is 29.9 Å². The molecular weight excluding hydrogens is 326 g/mol. The van der Waals surface area contributed by atoms with Crippen LogP contribution >= 0.6 is 0 Å². The van der Waals surface area contributed by atoms with Crippen LogP contribution in [0.3, 0.4) is 0 Å². The van der Waals surface area contributed by atoms with Gasteiger partial charge in [0.25, 0.3) is 0 Å². The van der Waals surface area contributed by atoms with Crippen molar-refractivity contribution in [2.24, 2.45) is 0 Å². The average Bonchev–Trinajstić information content (AvgIpc) is 2.37. The predicted molar refractivity (Wildman–Crippen MR) is 76.1 cm³/mol. The van der Waals surface area contributed by atoms with Gasteiger partial charge in [-0.3, -0.25) is 0 Å². The SMILES string of the molecule is c1ccc([SeH]CC[SeH]c2ccccc2)cc1. The Bertz CT molecular complexity index is 356. The van der Waals surface area contributed by atoms with E-state index in [9.17, 15) is 0 Å². The van der Waals surface area contributed by atoms with Gasteiger partial charge in [0.15, 0.2) is 0 Å². The number of hydrogen-bond acceptors (Lipinski definition) is 0. The molecule has 2 rings (SSSR count). The molecule has 0 spiro atoms. The van der Waals surface area contributed by atoms with Gasteiger partial charge < -0.3 is 0 Å². The Morgan fingerprint density at radius 3 is 1.31 bits per heavy atom. The molecule has 84 valence electrons. The fourth-order valence-corrected chi connectivity index (χ4v) is 6.72. The Kier molecular flexibility index (Phi) is 5.18. The van der Waals surface area contributed by atoms with E-state index in [2.05, 4.69) is 60.7 Å². The summed E-state index contributed by atoms with van der Waals surface area (Å²) in [6, 6.07) is 21.8. The molecule has 0 atom stereocenters. The van der Waals surface area contributed by atoms with Gasteiger partial charge in [0.05, 0.1) is 0 Å². The second-order valence-electron chi connectivity index (χ2n) is 3.43. The van der Waals surface area contributed by atoms with Crippen LogP contribution in [0.15, 0.2) is 60.7 Å². The third-order valence-corrected chi connectivity index (χ3v) is 8.52. The van der Waals surface area contributed by atoms with Crippen molar-refractivity contribution in [1.29, 1.82) is 0 Å². The molecule has 0 saturated heterocycles. The van der Waals surface area contributed by atoms with Crippen LogP contribution < -0.4 is 8.92 Å². The molecule has 0 aromatic heterocycles. The van der Waals surface area contributed by atoms with Crippen molar-refractivity contribution in [3.05, 3.63) is 60.7 Å². The van der Waals surface area contributed by atoms with Crippen molar-refractivity contribution in [3.63, 3.8) is 0 Å². The van der Waals surface area contributed by atoms with Crippen LogP contribution in [0, 0.1) is 0 Å². The summed E-state index contributed by atoms with van der Waals surface area (Å²) in [5, 5.41) is 2.82. The van der Waals surface area contributed by atoms with Crippen molar-refractivity contribution in [2.75, 3.05) is 0 Å². The molecule has 2 aromatic rings. The fourth-order valence-electron chi connectivity index (χ4n) is 1.43. The van der Waals surface area contributed by atoms with E-state index in [1.807, 2.05) is 0 Å². The quantitative estimate of drug-likeness (QED) is 0.569. The molecule has 0 N–H and O–H groups in total. The van der Waals surface area contributed by atoms with Crippen molar-refractivity contribution in [2.45, 2.75) is 10.6 Å². The first-order chi connectivity index (χ1) is 7.95. The van der Waals surface area contributed by atoms with Gasteiger partial charge in [-0.1, -0.05) is 0 Å². The van der Waals surface area contributed by atoms with Gasteiger partial charge >= 0.3 is 110 Å². The van der Waals surface area contributed by atoms with Gasteiger partial charge in [-0.2, -0.15) is 0 Å². The van der Waals surface area contributed by atoms with Crippen LogP contribution in [-0.2, 0) is 0 Å². The van der Waals surface area contributed by atoms with E-state index in [1.165, 1.54) is 10.6 Å². The minimum atomic E-state index is 0.396. The zero-order chi connectivity index (χ0) is 11.1. The van der Waals surface area contributed by atoms with Crippen LogP contribution in [0.1, 0.15) is 0 Å². The van der Waals surface area contributed by atoms with Gasteiger partial charge in [-0.15, -0.1) is 0 Å². The Labute approximate surface area is 110 Å². The van der Waals surface area contributed by atoms with Gasteiger partial charge in [0, 0.05) is 0 Å². The van der Waals surface area contributed by atoms with E-state index < -0.39 is 0 Å². The fraction of sp³-hybridized carbons (Fsp3) is 0.143. The summed E-state index contributed by atoms with van der Waals surface area (Å²) in [4.78, 5) is 0. The second-order valence-corrected chi connectivity index (χ2v) is 8.80. The molecule has 0 saturated carbocycles. The van der Waals surface area contributed by atoms with E-state index in [1.54, 1.807) is 8.92 Å². The van der Waals surface area contributed by atoms with Crippen LogP contribution in [0.5, 0.6) is 0 Å². The molecule has 0 amide bonds. The summed E-state index contributed by atoms with van der Waals surface area (Å²) in [6.07, 6.45) is 0. The van der Waals surface area contributed by atoms with E-state index in [-0.39, 0.29) is 0 Å².